The van der Waals surface area contributed by atoms with Crippen LogP contribution in [0.25, 0.3) is 0 Å². The van der Waals surface area contributed by atoms with Gasteiger partial charge in [0.05, 0.1) is 0 Å². The Morgan fingerprint density at radius 2 is 1.29 bits per heavy atom. The van der Waals surface area contributed by atoms with Crippen molar-refractivity contribution in [3.63, 3.8) is 0 Å². The number of ketones is 2. The molecule has 0 aromatic heterocycles. The number of hydrogen-bond acceptors (Lipinski definition) is 2. The van der Waals surface area contributed by atoms with Crippen LogP contribution in [-0.2, 0) is 9.59 Å². The summed E-state index contributed by atoms with van der Waals surface area (Å²) >= 11 is 0. The number of hydrogen-bond donors (Lipinski definition) is 0. The number of carbonyl (C=O) groups excluding carboxylic acids is 2. The molecular weight excluding hydrogens is 176 g/mol. The van der Waals surface area contributed by atoms with Crippen LogP contribution in [0.3, 0.4) is 0 Å². The van der Waals surface area contributed by atoms with Crippen LogP contribution in [0.5, 0.6) is 0 Å². The maximum atomic E-state index is 11.4. The Hall–Kier alpha value is -1.70. The summed E-state index contributed by atoms with van der Waals surface area (Å²) < 4.78 is 0. The molecule has 0 heterocycles. The Morgan fingerprint density at radius 1 is 0.929 bits per heavy atom. The van der Waals surface area contributed by atoms with Gasteiger partial charge in [0.2, 0.25) is 0 Å². The second-order valence-corrected chi connectivity index (χ2v) is 3.05. The van der Waals surface area contributed by atoms with Gasteiger partial charge in [0.1, 0.15) is 0 Å². The van der Waals surface area contributed by atoms with Crippen LogP contribution in [0.1, 0.15) is 12.8 Å². The predicted molar refractivity (Wildman–Crippen MR) is 55.8 cm³/mol. The molecule has 0 aliphatic heterocycles. The van der Waals surface area contributed by atoms with Gasteiger partial charge in [0, 0.05) is 11.1 Å². The summed E-state index contributed by atoms with van der Waals surface area (Å²) in [4.78, 5) is 22.9. The lowest BCUT2D eigenvalue weighted by Gasteiger charge is -2.08. The first-order chi connectivity index (χ1) is 6.69. The summed E-state index contributed by atoms with van der Waals surface area (Å²) in [5.74, 6) is -0.192. The molecule has 0 saturated carbocycles. The topological polar surface area (TPSA) is 34.1 Å². The van der Waals surface area contributed by atoms with Gasteiger partial charge in [-0.2, -0.15) is 0 Å². The second-order valence-electron chi connectivity index (χ2n) is 3.05. The molecule has 2 heteroatoms. The smallest absolute Gasteiger partial charge is 0.182 e. The van der Waals surface area contributed by atoms with E-state index in [9.17, 15) is 9.59 Å². The van der Waals surface area contributed by atoms with Crippen LogP contribution in [0.4, 0.5) is 0 Å². The van der Waals surface area contributed by atoms with Crippen LogP contribution >= 0.6 is 0 Å². The second kappa shape index (κ2) is 4.51. The molecule has 72 valence electrons. The third kappa shape index (κ3) is 2.16. The Balaban J connectivity index is 2.89. The lowest BCUT2D eigenvalue weighted by atomic mass is 9.93. The zero-order valence-corrected chi connectivity index (χ0v) is 7.95. The molecule has 0 saturated heterocycles. The first-order valence-electron chi connectivity index (χ1n) is 4.40. The minimum atomic E-state index is -0.0960. The number of allylic oxidation sites excluding steroid dienone is 6. The fraction of sp³-hybridized carbons (Fsp3) is 0.167. The molecule has 14 heavy (non-hydrogen) atoms. The molecule has 2 nitrogen and oxygen atoms in total. The third-order valence-corrected chi connectivity index (χ3v) is 1.97. The summed E-state index contributed by atoms with van der Waals surface area (Å²) in [7, 11) is 0. The van der Waals surface area contributed by atoms with Crippen molar-refractivity contribution in [3.8, 4) is 0 Å². The fourth-order valence-electron chi connectivity index (χ4n) is 1.27. The lowest BCUT2D eigenvalue weighted by Crippen LogP contribution is -2.12. The van der Waals surface area contributed by atoms with E-state index in [2.05, 4.69) is 13.2 Å². The van der Waals surface area contributed by atoms with E-state index in [0.717, 1.165) is 0 Å². The Labute approximate surface area is 83.3 Å². The molecule has 0 bridgehead atoms. The molecule has 1 aliphatic rings. The molecule has 1 rings (SSSR count). The van der Waals surface area contributed by atoms with Crippen LogP contribution < -0.4 is 0 Å². The van der Waals surface area contributed by atoms with Crippen molar-refractivity contribution in [2.75, 3.05) is 0 Å². The van der Waals surface area contributed by atoms with Crippen molar-refractivity contribution in [3.05, 3.63) is 48.6 Å². The zero-order chi connectivity index (χ0) is 10.6. The summed E-state index contributed by atoms with van der Waals surface area (Å²) in [6, 6.07) is 0. The summed E-state index contributed by atoms with van der Waals surface area (Å²) in [5, 5.41) is 0. The van der Waals surface area contributed by atoms with Gasteiger partial charge in [0.25, 0.3) is 0 Å². The molecule has 0 radical (unpaired) electrons. The van der Waals surface area contributed by atoms with Gasteiger partial charge in [-0.05, 0) is 25.0 Å². The SMILES string of the molecule is C=CCC1=CC(=O)C(CC=C)=CC1=O. The van der Waals surface area contributed by atoms with Gasteiger partial charge in [-0.3, -0.25) is 9.59 Å². The molecule has 0 fully saturated rings. The number of rotatable bonds is 4. The van der Waals surface area contributed by atoms with E-state index < -0.39 is 0 Å². The average molecular weight is 188 g/mol. The molecule has 0 unspecified atom stereocenters. The highest BCUT2D eigenvalue weighted by Gasteiger charge is 2.17. The normalized spacial score (nSPS) is 16.0. The van der Waals surface area contributed by atoms with Crippen LogP contribution in [0.2, 0.25) is 0 Å². The predicted octanol–water partition coefficient (Wildman–Crippen LogP) is 2.14. The van der Waals surface area contributed by atoms with E-state index in [1.807, 2.05) is 0 Å². The summed E-state index contributed by atoms with van der Waals surface area (Å²) in [6.07, 6.45) is 6.91. The largest absolute Gasteiger partial charge is 0.290 e. The van der Waals surface area contributed by atoms with E-state index in [1.165, 1.54) is 12.2 Å². The molecule has 0 amide bonds. The Kier molecular flexibility index (Phi) is 3.35. The van der Waals surface area contributed by atoms with E-state index in [-0.39, 0.29) is 11.6 Å². The standard InChI is InChI=1S/C12H12O2/c1-3-5-9-7-12(14)10(6-4-2)8-11(9)13/h3-4,7-8H,1-2,5-6H2. The quantitative estimate of drug-likeness (QED) is 0.500. The van der Waals surface area contributed by atoms with E-state index in [0.29, 0.717) is 24.0 Å². The molecule has 0 atom stereocenters. The highest BCUT2D eigenvalue weighted by Crippen LogP contribution is 2.17. The van der Waals surface area contributed by atoms with Gasteiger partial charge >= 0.3 is 0 Å². The monoisotopic (exact) mass is 188 g/mol. The van der Waals surface area contributed by atoms with Crippen molar-refractivity contribution in [2.45, 2.75) is 12.8 Å². The molecule has 1 aliphatic carbocycles. The number of carbonyl (C=O) groups is 2. The van der Waals surface area contributed by atoms with Crippen LogP contribution in [-0.4, -0.2) is 11.6 Å². The van der Waals surface area contributed by atoms with E-state index in [4.69, 9.17) is 0 Å². The fourth-order valence-corrected chi connectivity index (χ4v) is 1.27. The van der Waals surface area contributed by atoms with Crippen LogP contribution in [0.15, 0.2) is 48.6 Å². The van der Waals surface area contributed by atoms with Crippen molar-refractivity contribution in [2.24, 2.45) is 0 Å². The van der Waals surface area contributed by atoms with Crippen LogP contribution in [0, 0.1) is 0 Å². The molecular formula is C12H12O2. The molecule has 0 aromatic rings. The van der Waals surface area contributed by atoms with Crippen molar-refractivity contribution in [1.82, 2.24) is 0 Å². The summed E-state index contributed by atoms with van der Waals surface area (Å²) in [6.45, 7) is 7.06. The molecule has 0 aromatic carbocycles. The highest BCUT2D eigenvalue weighted by atomic mass is 16.1. The van der Waals surface area contributed by atoms with E-state index >= 15 is 0 Å². The van der Waals surface area contributed by atoms with Gasteiger partial charge in [0.15, 0.2) is 11.6 Å². The molecule has 0 spiro atoms. The first-order valence-corrected chi connectivity index (χ1v) is 4.40. The maximum absolute atomic E-state index is 11.4. The Bertz CT molecular complexity index is 321. The average Bonchev–Trinajstić information content (AvgIpc) is 2.14. The third-order valence-electron chi connectivity index (χ3n) is 1.97. The van der Waals surface area contributed by atoms with Gasteiger partial charge < -0.3 is 0 Å². The van der Waals surface area contributed by atoms with Crippen molar-refractivity contribution < 1.29 is 9.59 Å². The lowest BCUT2D eigenvalue weighted by molar-refractivity contribution is -0.115. The van der Waals surface area contributed by atoms with Gasteiger partial charge in [-0.1, -0.05) is 12.2 Å². The molecule has 0 N–H and O–H groups in total. The summed E-state index contributed by atoms with van der Waals surface area (Å²) in [5.41, 5.74) is 1.02. The minimum absolute atomic E-state index is 0.0960. The minimum Gasteiger partial charge on any atom is -0.290 e. The van der Waals surface area contributed by atoms with Crippen molar-refractivity contribution in [1.29, 1.82) is 0 Å². The van der Waals surface area contributed by atoms with E-state index in [1.54, 1.807) is 12.2 Å². The Morgan fingerprint density at radius 3 is 1.57 bits per heavy atom. The van der Waals surface area contributed by atoms with Gasteiger partial charge in [-0.25, -0.2) is 0 Å². The first kappa shape index (κ1) is 10.4. The van der Waals surface area contributed by atoms with Gasteiger partial charge in [-0.15, -0.1) is 13.2 Å². The zero-order valence-electron chi connectivity index (χ0n) is 7.95. The highest BCUT2D eigenvalue weighted by molar-refractivity contribution is 6.20. The van der Waals surface area contributed by atoms with Crippen molar-refractivity contribution >= 4 is 11.6 Å². The maximum Gasteiger partial charge on any atom is 0.182 e.